The van der Waals surface area contributed by atoms with Crippen molar-refractivity contribution >= 4 is 17.4 Å². The van der Waals surface area contributed by atoms with Crippen molar-refractivity contribution in [3.8, 4) is 23.0 Å². The molecule has 1 atom stereocenters. The van der Waals surface area contributed by atoms with E-state index in [1.54, 1.807) is 48.5 Å². The van der Waals surface area contributed by atoms with Gasteiger partial charge in [0.1, 0.15) is 24.7 Å². The number of ether oxygens (including phenoxy) is 4. The second-order valence-corrected chi connectivity index (χ2v) is 9.21. The number of furan rings is 1. The molecule has 0 bridgehead atoms. The molecular formula is C30H31NO8. The molecule has 2 aromatic carbocycles. The maximum absolute atomic E-state index is 13.4. The highest BCUT2D eigenvalue weighted by Gasteiger charge is 2.46. The number of carbonyl (C=O) groups is 2. The number of amides is 1. The van der Waals surface area contributed by atoms with Crippen molar-refractivity contribution in [2.75, 3.05) is 26.4 Å². The summed E-state index contributed by atoms with van der Waals surface area (Å²) >= 11 is 0. The Hall–Kier alpha value is -4.40. The van der Waals surface area contributed by atoms with Gasteiger partial charge in [0.05, 0.1) is 37.6 Å². The van der Waals surface area contributed by atoms with Crippen molar-refractivity contribution in [2.45, 2.75) is 39.3 Å². The molecule has 1 aromatic heterocycles. The van der Waals surface area contributed by atoms with Crippen molar-refractivity contribution in [1.29, 1.82) is 0 Å². The molecule has 3 heterocycles. The molecule has 0 radical (unpaired) electrons. The van der Waals surface area contributed by atoms with E-state index in [4.69, 9.17) is 23.4 Å². The van der Waals surface area contributed by atoms with Crippen LogP contribution >= 0.6 is 0 Å². The van der Waals surface area contributed by atoms with Crippen LogP contribution in [0, 0.1) is 0 Å². The van der Waals surface area contributed by atoms with Crippen molar-refractivity contribution in [1.82, 2.24) is 4.90 Å². The Bertz CT molecular complexity index is 1380. The van der Waals surface area contributed by atoms with E-state index in [1.165, 1.54) is 11.2 Å². The average Bonchev–Trinajstić information content (AvgIpc) is 3.56. The second kappa shape index (κ2) is 11.6. The second-order valence-electron chi connectivity index (χ2n) is 9.21. The van der Waals surface area contributed by atoms with Gasteiger partial charge in [-0.05, 0) is 61.4 Å². The number of hydrogen-bond donors (Lipinski definition) is 1. The normalized spacial score (nSPS) is 17.9. The molecule has 9 heteroatoms. The highest BCUT2D eigenvalue weighted by molar-refractivity contribution is 6.46. The van der Waals surface area contributed by atoms with Gasteiger partial charge in [-0.1, -0.05) is 19.4 Å². The monoisotopic (exact) mass is 533 g/mol. The number of Topliss-reactive ketones (excluding diaryl/α,β-unsaturated/α-hetero) is 1. The minimum Gasteiger partial charge on any atom is -0.507 e. The number of unbranched alkanes of at least 4 members (excludes halogenated alkanes) is 1. The van der Waals surface area contributed by atoms with Crippen LogP contribution in [-0.2, 0) is 16.1 Å². The van der Waals surface area contributed by atoms with Crippen LogP contribution in [0.25, 0.3) is 5.76 Å². The van der Waals surface area contributed by atoms with Gasteiger partial charge in [0, 0.05) is 5.56 Å². The van der Waals surface area contributed by atoms with E-state index in [2.05, 4.69) is 6.92 Å². The van der Waals surface area contributed by atoms with Gasteiger partial charge in [-0.3, -0.25) is 9.59 Å². The van der Waals surface area contributed by atoms with Gasteiger partial charge in [-0.25, -0.2) is 0 Å². The summed E-state index contributed by atoms with van der Waals surface area (Å²) in [4.78, 5) is 28.2. The minimum absolute atomic E-state index is 0.0367. The number of aliphatic hydroxyl groups is 1. The molecule has 3 aromatic rings. The fourth-order valence-electron chi connectivity index (χ4n) is 4.71. The summed E-state index contributed by atoms with van der Waals surface area (Å²) in [5, 5.41) is 11.5. The van der Waals surface area contributed by atoms with E-state index in [-0.39, 0.29) is 17.9 Å². The first-order chi connectivity index (χ1) is 19.0. The Labute approximate surface area is 226 Å². The topological polar surface area (TPSA) is 108 Å². The quantitative estimate of drug-likeness (QED) is 0.163. The third kappa shape index (κ3) is 5.30. The summed E-state index contributed by atoms with van der Waals surface area (Å²) in [6, 6.07) is 12.8. The van der Waals surface area contributed by atoms with Crippen LogP contribution in [0.4, 0.5) is 0 Å². The first kappa shape index (κ1) is 26.2. The van der Waals surface area contributed by atoms with Crippen molar-refractivity contribution in [3.05, 3.63) is 77.3 Å². The number of aliphatic hydroxyl groups excluding tert-OH is 1. The molecule has 2 aliphatic rings. The van der Waals surface area contributed by atoms with Crippen LogP contribution in [0.2, 0.25) is 0 Å². The summed E-state index contributed by atoms with van der Waals surface area (Å²) in [5.74, 6) is 0.741. The van der Waals surface area contributed by atoms with Crippen LogP contribution < -0.4 is 18.9 Å². The molecule has 39 heavy (non-hydrogen) atoms. The lowest BCUT2D eigenvalue weighted by atomic mass is 9.94. The van der Waals surface area contributed by atoms with Crippen molar-refractivity contribution < 1.29 is 38.1 Å². The molecule has 1 saturated heterocycles. The summed E-state index contributed by atoms with van der Waals surface area (Å²) in [6.07, 6.45) is 3.39. The Kier molecular flexibility index (Phi) is 7.76. The first-order valence-corrected chi connectivity index (χ1v) is 13.1. The molecule has 1 unspecified atom stereocenters. The summed E-state index contributed by atoms with van der Waals surface area (Å²) in [5.41, 5.74) is 0.890. The van der Waals surface area contributed by atoms with Gasteiger partial charge in [0.15, 0.2) is 23.0 Å². The lowest BCUT2D eigenvalue weighted by Crippen LogP contribution is -2.29. The molecule has 0 spiro atoms. The van der Waals surface area contributed by atoms with Crippen molar-refractivity contribution in [2.24, 2.45) is 0 Å². The van der Waals surface area contributed by atoms with Gasteiger partial charge in [0.2, 0.25) is 0 Å². The molecule has 1 amide bonds. The van der Waals surface area contributed by atoms with E-state index < -0.39 is 17.7 Å². The molecule has 1 N–H and O–H groups in total. The van der Waals surface area contributed by atoms with Gasteiger partial charge in [0.25, 0.3) is 11.7 Å². The maximum Gasteiger partial charge on any atom is 0.296 e. The van der Waals surface area contributed by atoms with E-state index >= 15 is 0 Å². The third-order valence-electron chi connectivity index (χ3n) is 6.60. The van der Waals surface area contributed by atoms with E-state index in [9.17, 15) is 14.7 Å². The first-order valence-electron chi connectivity index (χ1n) is 13.1. The summed E-state index contributed by atoms with van der Waals surface area (Å²) in [7, 11) is 0. The number of nitrogens with zero attached hydrogens (tertiary/aromatic N) is 1. The van der Waals surface area contributed by atoms with Gasteiger partial charge < -0.3 is 33.4 Å². The Morgan fingerprint density at radius 2 is 1.82 bits per heavy atom. The zero-order valence-corrected chi connectivity index (χ0v) is 22.0. The van der Waals surface area contributed by atoms with Crippen LogP contribution in [0.1, 0.15) is 49.6 Å². The van der Waals surface area contributed by atoms with Gasteiger partial charge in [-0.2, -0.15) is 0 Å². The molecule has 1 fully saturated rings. The summed E-state index contributed by atoms with van der Waals surface area (Å²) in [6.45, 7) is 5.73. The number of rotatable bonds is 10. The largest absolute Gasteiger partial charge is 0.507 e. The zero-order valence-electron chi connectivity index (χ0n) is 22.0. The van der Waals surface area contributed by atoms with Gasteiger partial charge >= 0.3 is 0 Å². The average molecular weight is 534 g/mol. The lowest BCUT2D eigenvalue weighted by Gasteiger charge is -2.25. The number of fused-ring (bicyclic) bond motifs is 1. The van der Waals surface area contributed by atoms with E-state index in [1.807, 2.05) is 6.92 Å². The number of carbonyl (C=O) groups excluding carboxylic acids is 2. The van der Waals surface area contributed by atoms with Crippen LogP contribution in [0.15, 0.2) is 64.8 Å². The van der Waals surface area contributed by atoms with Crippen LogP contribution in [0.3, 0.4) is 0 Å². The smallest absolute Gasteiger partial charge is 0.296 e. The zero-order chi connectivity index (χ0) is 27.4. The van der Waals surface area contributed by atoms with E-state index in [0.29, 0.717) is 66.3 Å². The Morgan fingerprint density at radius 3 is 2.56 bits per heavy atom. The molecule has 5 rings (SSSR count). The highest BCUT2D eigenvalue weighted by atomic mass is 16.6. The van der Waals surface area contributed by atoms with Crippen LogP contribution in [-0.4, -0.2) is 48.1 Å². The summed E-state index contributed by atoms with van der Waals surface area (Å²) < 4.78 is 28.5. The fourth-order valence-corrected chi connectivity index (χ4v) is 4.71. The molecule has 204 valence electrons. The van der Waals surface area contributed by atoms with Crippen molar-refractivity contribution in [3.63, 3.8) is 0 Å². The molecule has 9 nitrogen and oxygen atoms in total. The predicted octanol–water partition coefficient (Wildman–Crippen LogP) is 5.25. The number of likely N-dealkylation sites (tertiary alicyclic amines) is 1. The molecular weight excluding hydrogens is 502 g/mol. The minimum atomic E-state index is -0.896. The van der Waals surface area contributed by atoms with Crippen LogP contribution in [0.5, 0.6) is 23.0 Å². The number of benzene rings is 2. The maximum atomic E-state index is 13.4. The predicted molar refractivity (Wildman–Crippen MR) is 142 cm³/mol. The fraction of sp³-hybridized carbons (Fsp3) is 0.333. The SMILES string of the molecule is CCCCOc1ccc(C2/C(=C(\O)c3ccc4c(c3)OCCO4)C(=O)C(=O)N2Cc2ccco2)cc1OCC. The molecule has 0 aliphatic carbocycles. The Morgan fingerprint density at radius 1 is 1.00 bits per heavy atom. The molecule has 0 saturated carbocycles. The standard InChI is InChI=1S/C30H31NO8/c1-3-5-12-37-22-10-8-19(16-24(22)35-4-2)27-26(29(33)30(34)31(27)18-21-7-6-13-36-21)28(32)20-9-11-23-25(17-20)39-15-14-38-23/h6-11,13,16-17,27,32H,3-5,12,14-15,18H2,1-2H3/b28-26+. The van der Waals surface area contributed by atoms with Gasteiger partial charge in [-0.15, -0.1) is 0 Å². The Balaban J connectivity index is 1.61. The third-order valence-corrected chi connectivity index (χ3v) is 6.60. The molecule has 2 aliphatic heterocycles. The highest BCUT2D eigenvalue weighted by Crippen LogP contribution is 2.43. The number of ketones is 1. The lowest BCUT2D eigenvalue weighted by molar-refractivity contribution is -0.140. The number of hydrogen-bond acceptors (Lipinski definition) is 8. The van der Waals surface area contributed by atoms with E-state index in [0.717, 1.165) is 12.8 Å².